The molecule has 0 radical (unpaired) electrons. The van der Waals surface area contributed by atoms with Crippen molar-refractivity contribution in [3.8, 4) is 0 Å². The molecule has 0 spiro atoms. The zero-order valence-corrected chi connectivity index (χ0v) is 11.9. The lowest BCUT2D eigenvalue weighted by molar-refractivity contribution is 0.271. The molecule has 2 rings (SSSR count). The van der Waals surface area contributed by atoms with Gasteiger partial charge in [-0.25, -0.2) is 0 Å². The van der Waals surface area contributed by atoms with E-state index in [4.69, 9.17) is 11.6 Å². The maximum atomic E-state index is 12.3. The molecule has 6 heteroatoms. The summed E-state index contributed by atoms with van der Waals surface area (Å²) in [5, 5.41) is 0. The Balaban J connectivity index is 1.91. The molecule has 100 valence electrons. The van der Waals surface area contributed by atoms with Crippen molar-refractivity contribution in [2.45, 2.75) is 25.7 Å². The van der Waals surface area contributed by atoms with Crippen LogP contribution in [0.15, 0.2) is 0 Å². The Bertz CT molecular complexity index is 348. The average Bonchev–Trinajstić information content (AvgIpc) is 3.13. The van der Waals surface area contributed by atoms with E-state index in [0.717, 1.165) is 12.8 Å². The fourth-order valence-electron chi connectivity index (χ4n) is 2.25. The van der Waals surface area contributed by atoms with Crippen molar-refractivity contribution in [2.75, 3.05) is 32.6 Å². The molecule has 0 amide bonds. The summed E-state index contributed by atoms with van der Waals surface area (Å²) in [6.07, 6.45) is 4.13. The largest absolute Gasteiger partial charge is 0.281 e. The lowest BCUT2D eigenvalue weighted by Gasteiger charge is -2.33. The minimum atomic E-state index is -3.23. The van der Waals surface area contributed by atoms with Crippen LogP contribution in [0.5, 0.6) is 0 Å². The topological polar surface area (TPSA) is 40.6 Å². The highest BCUT2D eigenvalue weighted by Crippen LogP contribution is 2.31. The first-order chi connectivity index (χ1) is 8.04. The standard InChI is InChI=1S/C11H21ClN2O2S/c1-13(9-11-2-3-11)17(15,16)14-6-4-10(8-12)5-7-14/h10-11H,2-9H2,1H3. The Labute approximate surface area is 109 Å². The van der Waals surface area contributed by atoms with Gasteiger partial charge in [-0.15, -0.1) is 11.6 Å². The first kappa shape index (κ1) is 13.6. The van der Waals surface area contributed by atoms with E-state index in [0.29, 0.717) is 37.4 Å². The molecule has 2 fully saturated rings. The van der Waals surface area contributed by atoms with E-state index in [1.165, 1.54) is 17.1 Å². The molecular formula is C11H21ClN2O2S. The van der Waals surface area contributed by atoms with E-state index in [1.54, 1.807) is 11.4 Å². The van der Waals surface area contributed by atoms with E-state index in [-0.39, 0.29) is 0 Å². The van der Waals surface area contributed by atoms with E-state index in [2.05, 4.69) is 0 Å². The van der Waals surface area contributed by atoms with Crippen molar-refractivity contribution < 1.29 is 8.42 Å². The van der Waals surface area contributed by atoms with Gasteiger partial charge >= 0.3 is 0 Å². The average molecular weight is 281 g/mol. The molecule has 0 unspecified atom stereocenters. The van der Waals surface area contributed by atoms with Crippen molar-refractivity contribution in [3.63, 3.8) is 0 Å². The minimum Gasteiger partial charge on any atom is -0.195 e. The molecule has 0 bridgehead atoms. The quantitative estimate of drug-likeness (QED) is 0.717. The molecule has 0 atom stereocenters. The second kappa shape index (κ2) is 5.43. The van der Waals surface area contributed by atoms with Gasteiger partial charge in [-0.2, -0.15) is 17.0 Å². The molecule has 1 aliphatic heterocycles. The van der Waals surface area contributed by atoms with E-state index < -0.39 is 10.2 Å². The molecule has 0 aromatic rings. The predicted molar refractivity (Wildman–Crippen MR) is 69.3 cm³/mol. The first-order valence-corrected chi connectivity index (χ1v) is 8.24. The maximum Gasteiger partial charge on any atom is 0.281 e. The number of nitrogens with zero attached hydrogens (tertiary/aromatic N) is 2. The Kier molecular flexibility index (Phi) is 4.34. The van der Waals surface area contributed by atoms with Crippen molar-refractivity contribution in [2.24, 2.45) is 11.8 Å². The van der Waals surface area contributed by atoms with Crippen LogP contribution in [0.4, 0.5) is 0 Å². The smallest absolute Gasteiger partial charge is 0.195 e. The lowest BCUT2D eigenvalue weighted by Crippen LogP contribution is -2.46. The summed E-state index contributed by atoms with van der Waals surface area (Å²) in [5.74, 6) is 1.72. The lowest BCUT2D eigenvalue weighted by atomic mass is 10.0. The van der Waals surface area contributed by atoms with E-state index >= 15 is 0 Å². The highest BCUT2D eigenvalue weighted by Gasteiger charge is 2.33. The maximum absolute atomic E-state index is 12.3. The zero-order chi connectivity index (χ0) is 12.5. The van der Waals surface area contributed by atoms with Gasteiger partial charge in [0, 0.05) is 32.6 Å². The molecule has 1 aliphatic carbocycles. The summed E-state index contributed by atoms with van der Waals surface area (Å²) in [5.41, 5.74) is 0. The predicted octanol–water partition coefficient (Wildman–Crippen LogP) is 1.52. The van der Waals surface area contributed by atoms with Crippen LogP contribution in [0.2, 0.25) is 0 Å². The summed E-state index contributed by atoms with van der Waals surface area (Å²) in [6, 6.07) is 0. The number of hydrogen-bond acceptors (Lipinski definition) is 2. The monoisotopic (exact) mass is 280 g/mol. The molecule has 0 aromatic carbocycles. The molecular weight excluding hydrogens is 260 g/mol. The fraction of sp³-hybridized carbons (Fsp3) is 1.00. The van der Waals surface area contributed by atoms with Crippen LogP contribution in [0.25, 0.3) is 0 Å². The first-order valence-electron chi connectivity index (χ1n) is 6.31. The molecule has 0 N–H and O–H groups in total. The number of rotatable bonds is 5. The van der Waals surface area contributed by atoms with Crippen LogP contribution in [0.3, 0.4) is 0 Å². The summed E-state index contributed by atoms with van der Waals surface area (Å²) in [7, 11) is -1.53. The molecule has 1 heterocycles. The molecule has 4 nitrogen and oxygen atoms in total. The number of hydrogen-bond donors (Lipinski definition) is 0. The van der Waals surface area contributed by atoms with Gasteiger partial charge in [0.15, 0.2) is 0 Å². The molecule has 17 heavy (non-hydrogen) atoms. The third-order valence-electron chi connectivity index (χ3n) is 3.72. The highest BCUT2D eigenvalue weighted by atomic mass is 35.5. The molecule has 0 aromatic heterocycles. The van der Waals surface area contributed by atoms with Gasteiger partial charge in [-0.1, -0.05) is 0 Å². The summed E-state index contributed by atoms with van der Waals surface area (Å²) < 4.78 is 27.7. The van der Waals surface area contributed by atoms with Crippen LogP contribution < -0.4 is 0 Å². The summed E-state index contributed by atoms with van der Waals surface area (Å²) in [6.45, 7) is 1.92. The van der Waals surface area contributed by atoms with Gasteiger partial charge in [-0.05, 0) is 37.5 Å². The van der Waals surface area contributed by atoms with E-state index in [1.807, 2.05) is 0 Å². The van der Waals surface area contributed by atoms with Crippen LogP contribution in [0, 0.1) is 11.8 Å². The van der Waals surface area contributed by atoms with Crippen molar-refractivity contribution in [1.29, 1.82) is 0 Å². The Morgan fingerprint density at radius 1 is 1.18 bits per heavy atom. The van der Waals surface area contributed by atoms with Crippen LogP contribution in [-0.2, 0) is 10.2 Å². The molecule has 1 saturated heterocycles. The van der Waals surface area contributed by atoms with Crippen molar-refractivity contribution in [3.05, 3.63) is 0 Å². The van der Waals surface area contributed by atoms with Gasteiger partial charge in [-0.3, -0.25) is 0 Å². The Morgan fingerprint density at radius 3 is 2.24 bits per heavy atom. The van der Waals surface area contributed by atoms with Crippen molar-refractivity contribution in [1.82, 2.24) is 8.61 Å². The Morgan fingerprint density at radius 2 is 1.76 bits per heavy atom. The summed E-state index contributed by atoms with van der Waals surface area (Å²) >= 11 is 5.80. The van der Waals surface area contributed by atoms with Gasteiger partial charge < -0.3 is 0 Å². The van der Waals surface area contributed by atoms with Crippen LogP contribution in [-0.4, -0.2) is 49.6 Å². The van der Waals surface area contributed by atoms with Gasteiger partial charge in [0.1, 0.15) is 0 Å². The normalized spacial score (nSPS) is 24.4. The fourth-order valence-corrected chi connectivity index (χ4v) is 4.02. The van der Waals surface area contributed by atoms with Crippen LogP contribution in [0.1, 0.15) is 25.7 Å². The van der Waals surface area contributed by atoms with Gasteiger partial charge in [0.2, 0.25) is 0 Å². The third-order valence-corrected chi connectivity index (χ3v) is 6.12. The molecule has 2 aliphatic rings. The second-order valence-electron chi connectivity index (χ2n) is 5.23. The number of piperidine rings is 1. The molecule has 1 saturated carbocycles. The van der Waals surface area contributed by atoms with Gasteiger partial charge in [0.25, 0.3) is 10.2 Å². The van der Waals surface area contributed by atoms with E-state index in [9.17, 15) is 8.42 Å². The van der Waals surface area contributed by atoms with Crippen molar-refractivity contribution >= 4 is 21.8 Å². The Hall–Kier alpha value is 0.160. The van der Waals surface area contributed by atoms with Gasteiger partial charge in [0.05, 0.1) is 0 Å². The third kappa shape index (κ3) is 3.34. The van der Waals surface area contributed by atoms with Crippen LogP contribution >= 0.6 is 11.6 Å². The zero-order valence-electron chi connectivity index (χ0n) is 10.3. The SMILES string of the molecule is CN(CC1CC1)S(=O)(=O)N1CCC(CCl)CC1. The summed E-state index contributed by atoms with van der Waals surface area (Å²) in [4.78, 5) is 0. The number of alkyl halides is 1. The highest BCUT2D eigenvalue weighted by molar-refractivity contribution is 7.86. The minimum absolute atomic E-state index is 0.483. The second-order valence-corrected chi connectivity index (χ2v) is 7.57. The number of halogens is 1.